The molecule has 0 spiro atoms. The Morgan fingerprint density at radius 3 is 2.61 bits per heavy atom. The standard InChI is InChI=1S/C13H18N2O3/c1-9-4-5-10(2)11(8-9)15-13(18)12(17)14-6-3-7-16/h4-5,8,16H,3,6-7H2,1-2H3,(H,14,17)(H,15,18). The van der Waals surface area contributed by atoms with Crippen molar-refractivity contribution >= 4 is 17.5 Å². The number of aliphatic hydroxyl groups excluding tert-OH is 1. The van der Waals surface area contributed by atoms with Gasteiger partial charge >= 0.3 is 11.8 Å². The fourth-order valence-electron chi connectivity index (χ4n) is 1.41. The molecule has 0 unspecified atom stereocenters. The first kappa shape index (κ1) is 14.2. The van der Waals surface area contributed by atoms with Crippen LogP contribution in [0.15, 0.2) is 18.2 Å². The molecule has 2 amide bonds. The molecular formula is C13H18N2O3. The van der Waals surface area contributed by atoms with Crippen LogP contribution < -0.4 is 10.6 Å². The molecule has 0 radical (unpaired) electrons. The van der Waals surface area contributed by atoms with E-state index in [-0.39, 0.29) is 13.2 Å². The largest absolute Gasteiger partial charge is 0.396 e. The van der Waals surface area contributed by atoms with E-state index in [1.54, 1.807) is 0 Å². The minimum Gasteiger partial charge on any atom is -0.396 e. The summed E-state index contributed by atoms with van der Waals surface area (Å²) in [4.78, 5) is 23.0. The number of amides is 2. The number of anilines is 1. The third-order valence-electron chi connectivity index (χ3n) is 2.47. The van der Waals surface area contributed by atoms with Crippen molar-refractivity contribution in [3.8, 4) is 0 Å². The first-order chi connectivity index (χ1) is 8.54. The Morgan fingerprint density at radius 1 is 1.22 bits per heavy atom. The molecule has 1 aromatic rings. The molecule has 1 aromatic carbocycles. The highest BCUT2D eigenvalue weighted by Gasteiger charge is 2.13. The van der Waals surface area contributed by atoms with Crippen LogP contribution in [-0.4, -0.2) is 30.1 Å². The number of benzene rings is 1. The molecule has 0 bridgehead atoms. The highest BCUT2D eigenvalue weighted by Crippen LogP contribution is 2.15. The molecule has 0 atom stereocenters. The molecule has 0 aliphatic rings. The Labute approximate surface area is 106 Å². The fourth-order valence-corrected chi connectivity index (χ4v) is 1.41. The van der Waals surface area contributed by atoms with E-state index in [1.807, 2.05) is 32.0 Å². The lowest BCUT2D eigenvalue weighted by Gasteiger charge is -2.09. The van der Waals surface area contributed by atoms with Gasteiger partial charge < -0.3 is 15.7 Å². The van der Waals surface area contributed by atoms with Crippen molar-refractivity contribution in [2.24, 2.45) is 0 Å². The topological polar surface area (TPSA) is 78.4 Å². The van der Waals surface area contributed by atoms with Gasteiger partial charge in [0.15, 0.2) is 0 Å². The molecule has 3 N–H and O–H groups in total. The van der Waals surface area contributed by atoms with Crippen LogP contribution in [0.2, 0.25) is 0 Å². The summed E-state index contributed by atoms with van der Waals surface area (Å²) >= 11 is 0. The zero-order chi connectivity index (χ0) is 13.5. The zero-order valence-electron chi connectivity index (χ0n) is 10.6. The van der Waals surface area contributed by atoms with Gasteiger partial charge in [-0.15, -0.1) is 0 Å². The average molecular weight is 250 g/mol. The molecule has 0 aliphatic heterocycles. The van der Waals surface area contributed by atoms with Crippen LogP contribution in [0.25, 0.3) is 0 Å². The van der Waals surface area contributed by atoms with Crippen molar-refractivity contribution < 1.29 is 14.7 Å². The van der Waals surface area contributed by atoms with Crippen LogP contribution in [0.1, 0.15) is 17.5 Å². The maximum atomic E-state index is 11.6. The van der Waals surface area contributed by atoms with E-state index in [1.165, 1.54) is 0 Å². The van der Waals surface area contributed by atoms with Gasteiger partial charge in [0.2, 0.25) is 0 Å². The van der Waals surface area contributed by atoms with E-state index in [9.17, 15) is 9.59 Å². The van der Waals surface area contributed by atoms with Crippen molar-refractivity contribution in [1.29, 1.82) is 0 Å². The number of aliphatic hydroxyl groups is 1. The first-order valence-electron chi connectivity index (χ1n) is 5.82. The second-order valence-corrected chi connectivity index (χ2v) is 4.11. The van der Waals surface area contributed by atoms with E-state index in [2.05, 4.69) is 10.6 Å². The van der Waals surface area contributed by atoms with E-state index in [4.69, 9.17) is 5.11 Å². The van der Waals surface area contributed by atoms with E-state index < -0.39 is 11.8 Å². The number of rotatable bonds is 4. The maximum Gasteiger partial charge on any atom is 0.313 e. The predicted molar refractivity (Wildman–Crippen MR) is 69.3 cm³/mol. The summed E-state index contributed by atoms with van der Waals surface area (Å²) in [6, 6.07) is 5.63. The minimum atomic E-state index is -0.693. The van der Waals surface area contributed by atoms with Crippen molar-refractivity contribution in [3.63, 3.8) is 0 Å². The van der Waals surface area contributed by atoms with E-state index in [0.29, 0.717) is 12.1 Å². The van der Waals surface area contributed by atoms with Gasteiger partial charge in [0.25, 0.3) is 0 Å². The van der Waals surface area contributed by atoms with E-state index in [0.717, 1.165) is 11.1 Å². The lowest BCUT2D eigenvalue weighted by atomic mass is 10.1. The van der Waals surface area contributed by atoms with Gasteiger partial charge in [0.1, 0.15) is 0 Å². The Balaban J connectivity index is 2.58. The van der Waals surface area contributed by atoms with Gasteiger partial charge in [-0.1, -0.05) is 12.1 Å². The predicted octanol–water partition coefficient (Wildman–Crippen LogP) is 0.741. The molecule has 0 fully saturated rings. The van der Waals surface area contributed by atoms with Crippen LogP contribution in [0, 0.1) is 13.8 Å². The number of nitrogens with one attached hydrogen (secondary N) is 2. The summed E-state index contributed by atoms with van der Waals surface area (Å²) in [6.07, 6.45) is 0.433. The number of aryl methyl sites for hydroxylation is 2. The minimum absolute atomic E-state index is 0.0150. The number of hydrogen-bond acceptors (Lipinski definition) is 3. The summed E-state index contributed by atoms with van der Waals surface area (Å²) < 4.78 is 0. The number of hydrogen-bond donors (Lipinski definition) is 3. The van der Waals surface area contributed by atoms with Crippen molar-refractivity contribution in [3.05, 3.63) is 29.3 Å². The second-order valence-electron chi connectivity index (χ2n) is 4.11. The molecule has 0 saturated heterocycles. The van der Waals surface area contributed by atoms with Crippen molar-refractivity contribution in [1.82, 2.24) is 5.32 Å². The van der Waals surface area contributed by atoms with Gasteiger partial charge in [-0.3, -0.25) is 9.59 Å². The average Bonchev–Trinajstić information content (AvgIpc) is 2.34. The van der Waals surface area contributed by atoms with Crippen LogP contribution in [0.3, 0.4) is 0 Å². The summed E-state index contributed by atoms with van der Waals surface area (Å²) in [5, 5.41) is 13.6. The van der Waals surface area contributed by atoms with Gasteiger partial charge in [-0.2, -0.15) is 0 Å². The molecule has 0 aliphatic carbocycles. The van der Waals surface area contributed by atoms with Gasteiger partial charge in [-0.05, 0) is 37.5 Å². The molecule has 0 aromatic heterocycles. The smallest absolute Gasteiger partial charge is 0.313 e. The van der Waals surface area contributed by atoms with Gasteiger partial charge in [0, 0.05) is 18.8 Å². The molecule has 0 saturated carbocycles. The molecule has 1 rings (SSSR count). The Morgan fingerprint density at radius 2 is 1.94 bits per heavy atom. The first-order valence-corrected chi connectivity index (χ1v) is 5.82. The summed E-state index contributed by atoms with van der Waals surface area (Å²) in [5.74, 6) is -1.38. The third kappa shape index (κ3) is 4.18. The van der Waals surface area contributed by atoms with Crippen LogP contribution >= 0.6 is 0 Å². The second kappa shape index (κ2) is 6.76. The van der Waals surface area contributed by atoms with E-state index >= 15 is 0 Å². The Hall–Kier alpha value is -1.88. The SMILES string of the molecule is Cc1ccc(C)c(NC(=O)C(=O)NCCCO)c1. The van der Waals surface area contributed by atoms with Gasteiger partial charge in [0.05, 0.1) is 0 Å². The molecule has 98 valence electrons. The lowest BCUT2D eigenvalue weighted by molar-refractivity contribution is -0.136. The normalized spacial score (nSPS) is 9.94. The van der Waals surface area contributed by atoms with Crippen LogP contribution in [-0.2, 0) is 9.59 Å². The molecule has 0 heterocycles. The molecular weight excluding hydrogens is 232 g/mol. The Kier molecular flexibility index (Phi) is 5.32. The highest BCUT2D eigenvalue weighted by molar-refractivity contribution is 6.39. The third-order valence-corrected chi connectivity index (χ3v) is 2.47. The maximum absolute atomic E-state index is 11.6. The molecule has 5 heteroatoms. The zero-order valence-corrected chi connectivity index (χ0v) is 10.6. The van der Waals surface area contributed by atoms with Crippen molar-refractivity contribution in [2.75, 3.05) is 18.5 Å². The quantitative estimate of drug-likeness (QED) is 0.545. The van der Waals surface area contributed by atoms with Crippen LogP contribution in [0.5, 0.6) is 0 Å². The van der Waals surface area contributed by atoms with Gasteiger partial charge in [-0.25, -0.2) is 0 Å². The Bertz CT molecular complexity index is 444. The van der Waals surface area contributed by atoms with Crippen LogP contribution in [0.4, 0.5) is 5.69 Å². The molecule has 5 nitrogen and oxygen atoms in total. The fraction of sp³-hybridized carbons (Fsp3) is 0.385. The monoisotopic (exact) mass is 250 g/mol. The summed E-state index contributed by atoms with van der Waals surface area (Å²) in [5.41, 5.74) is 2.55. The lowest BCUT2D eigenvalue weighted by Crippen LogP contribution is -2.36. The highest BCUT2D eigenvalue weighted by atomic mass is 16.3. The number of carbonyl (C=O) groups excluding carboxylic acids is 2. The summed E-state index contributed by atoms with van der Waals surface area (Å²) in [7, 11) is 0. The number of carbonyl (C=O) groups is 2. The molecule has 18 heavy (non-hydrogen) atoms. The van der Waals surface area contributed by atoms with Crippen molar-refractivity contribution in [2.45, 2.75) is 20.3 Å². The summed E-state index contributed by atoms with van der Waals surface area (Å²) in [6.45, 7) is 4.05.